The molecule has 0 fully saturated rings. The van der Waals surface area contributed by atoms with E-state index in [0.717, 1.165) is 30.6 Å². The maximum absolute atomic E-state index is 11.4. The summed E-state index contributed by atoms with van der Waals surface area (Å²) in [6.07, 6.45) is 2.15. The van der Waals surface area contributed by atoms with Crippen molar-refractivity contribution in [2.24, 2.45) is 0 Å². The first-order valence-electron chi connectivity index (χ1n) is 6.21. The summed E-state index contributed by atoms with van der Waals surface area (Å²) in [4.78, 5) is 15.5. The zero-order valence-corrected chi connectivity index (χ0v) is 10.6. The Morgan fingerprint density at radius 1 is 1.47 bits per heavy atom. The van der Waals surface area contributed by atoms with Gasteiger partial charge in [0.2, 0.25) is 0 Å². The van der Waals surface area contributed by atoms with Crippen LogP contribution in [-0.4, -0.2) is 29.6 Å². The van der Waals surface area contributed by atoms with Gasteiger partial charge in [0.05, 0.1) is 0 Å². The average Bonchev–Trinajstić information content (AvgIpc) is 2.95. The van der Waals surface area contributed by atoms with E-state index in [9.17, 15) is 4.79 Å². The van der Waals surface area contributed by atoms with Crippen LogP contribution in [0.2, 0.25) is 0 Å². The minimum absolute atomic E-state index is 0.0494. The van der Waals surface area contributed by atoms with Gasteiger partial charge in [0.1, 0.15) is 0 Å². The van der Waals surface area contributed by atoms with Crippen molar-refractivity contribution in [3.63, 3.8) is 0 Å². The molecular weight excluding hydrogens is 244 g/mol. The maximum atomic E-state index is 11.4. The molecule has 19 heavy (non-hydrogen) atoms. The topological polar surface area (TPSA) is 80.0 Å². The Hall–Kier alpha value is -2.37. The predicted octanol–water partition coefficient (Wildman–Crippen LogP) is 1.45. The number of aromatic nitrogens is 2. The number of carbonyl (C=O) groups excluding carboxylic acids is 1. The summed E-state index contributed by atoms with van der Waals surface area (Å²) >= 11 is 0. The number of aryl methyl sites for hydroxylation is 1. The van der Waals surface area contributed by atoms with Gasteiger partial charge in [0, 0.05) is 24.8 Å². The van der Waals surface area contributed by atoms with Crippen LogP contribution in [0, 0.1) is 0 Å². The number of benzene rings is 1. The predicted molar refractivity (Wildman–Crippen MR) is 69.9 cm³/mol. The first-order chi connectivity index (χ1) is 9.28. The molecule has 1 aliphatic heterocycles. The highest BCUT2D eigenvalue weighted by molar-refractivity contribution is 5.90. The average molecular weight is 258 g/mol. The van der Waals surface area contributed by atoms with E-state index in [2.05, 4.69) is 20.8 Å². The van der Waals surface area contributed by atoms with Crippen LogP contribution in [0.4, 0.5) is 5.69 Å². The standard InChI is InChI=1S/C13H14N4O2/c1-14-12(18)11-16-13(19-17-11)9-4-5-10-8(7-9)3-2-6-15-10/h4-5,7,15H,2-3,6H2,1H3,(H,14,18). The summed E-state index contributed by atoms with van der Waals surface area (Å²) in [5, 5.41) is 9.47. The SMILES string of the molecule is CNC(=O)c1noc(-c2ccc3c(c2)CCCN3)n1. The van der Waals surface area contributed by atoms with E-state index >= 15 is 0 Å². The van der Waals surface area contributed by atoms with Crippen molar-refractivity contribution in [1.29, 1.82) is 0 Å². The van der Waals surface area contributed by atoms with Crippen molar-refractivity contribution in [1.82, 2.24) is 15.5 Å². The highest BCUT2D eigenvalue weighted by Crippen LogP contribution is 2.27. The summed E-state index contributed by atoms with van der Waals surface area (Å²) < 4.78 is 5.12. The quantitative estimate of drug-likeness (QED) is 0.852. The molecule has 2 aromatic rings. The molecule has 0 unspecified atom stereocenters. The van der Waals surface area contributed by atoms with Gasteiger partial charge in [-0.3, -0.25) is 4.79 Å². The summed E-state index contributed by atoms with van der Waals surface area (Å²) in [7, 11) is 1.53. The van der Waals surface area contributed by atoms with E-state index in [0.29, 0.717) is 5.89 Å². The molecule has 0 bridgehead atoms. The second kappa shape index (κ2) is 4.72. The monoisotopic (exact) mass is 258 g/mol. The second-order valence-corrected chi connectivity index (χ2v) is 4.40. The molecule has 6 heteroatoms. The Balaban J connectivity index is 1.93. The lowest BCUT2D eigenvalue weighted by Gasteiger charge is -2.17. The number of carbonyl (C=O) groups is 1. The second-order valence-electron chi connectivity index (χ2n) is 4.40. The number of fused-ring (bicyclic) bond motifs is 1. The van der Waals surface area contributed by atoms with Crippen LogP contribution in [0.15, 0.2) is 22.7 Å². The van der Waals surface area contributed by atoms with Crippen LogP contribution < -0.4 is 10.6 Å². The third-order valence-corrected chi connectivity index (χ3v) is 3.15. The number of anilines is 1. The van der Waals surface area contributed by atoms with Gasteiger partial charge in [0.25, 0.3) is 17.6 Å². The lowest BCUT2D eigenvalue weighted by Crippen LogP contribution is -2.19. The van der Waals surface area contributed by atoms with E-state index in [4.69, 9.17) is 4.52 Å². The molecule has 0 saturated carbocycles. The minimum atomic E-state index is -0.352. The van der Waals surface area contributed by atoms with Crippen LogP contribution in [0.5, 0.6) is 0 Å². The van der Waals surface area contributed by atoms with Crippen LogP contribution in [0.3, 0.4) is 0 Å². The third-order valence-electron chi connectivity index (χ3n) is 3.15. The third kappa shape index (κ3) is 2.16. The van der Waals surface area contributed by atoms with Crippen molar-refractivity contribution in [2.75, 3.05) is 18.9 Å². The molecule has 1 aromatic heterocycles. The Morgan fingerprint density at radius 2 is 2.37 bits per heavy atom. The molecule has 1 aliphatic rings. The van der Waals surface area contributed by atoms with Gasteiger partial charge in [-0.25, -0.2) is 0 Å². The van der Waals surface area contributed by atoms with Gasteiger partial charge >= 0.3 is 0 Å². The summed E-state index contributed by atoms with van der Waals surface area (Å²) in [6, 6.07) is 5.95. The summed E-state index contributed by atoms with van der Waals surface area (Å²) in [5.41, 5.74) is 3.23. The zero-order valence-electron chi connectivity index (χ0n) is 10.6. The number of nitrogens with zero attached hydrogens (tertiary/aromatic N) is 2. The van der Waals surface area contributed by atoms with Crippen LogP contribution in [0.1, 0.15) is 22.6 Å². The molecule has 98 valence electrons. The minimum Gasteiger partial charge on any atom is -0.385 e. The molecule has 1 aromatic carbocycles. The molecule has 6 nitrogen and oxygen atoms in total. The van der Waals surface area contributed by atoms with Gasteiger partial charge in [-0.15, -0.1) is 0 Å². The number of amides is 1. The van der Waals surface area contributed by atoms with Gasteiger partial charge in [0.15, 0.2) is 0 Å². The molecule has 1 amide bonds. The lowest BCUT2D eigenvalue weighted by molar-refractivity contribution is 0.0950. The van der Waals surface area contributed by atoms with E-state index in [-0.39, 0.29) is 11.7 Å². The number of rotatable bonds is 2. The maximum Gasteiger partial charge on any atom is 0.292 e. The van der Waals surface area contributed by atoms with Crippen LogP contribution in [-0.2, 0) is 6.42 Å². The van der Waals surface area contributed by atoms with Gasteiger partial charge in [-0.2, -0.15) is 4.98 Å². The molecule has 2 N–H and O–H groups in total. The summed E-state index contributed by atoms with van der Waals surface area (Å²) in [6.45, 7) is 1.01. The Kier molecular flexibility index (Phi) is 2.91. The first kappa shape index (κ1) is 11.7. The molecule has 0 radical (unpaired) electrons. The molecule has 0 spiro atoms. The lowest BCUT2D eigenvalue weighted by atomic mass is 10.0. The normalized spacial score (nSPS) is 13.5. The van der Waals surface area contributed by atoms with E-state index in [1.807, 2.05) is 18.2 Å². The number of nitrogens with one attached hydrogen (secondary N) is 2. The van der Waals surface area contributed by atoms with Crippen LogP contribution in [0.25, 0.3) is 11.5 Å². The largest absolute Gasteiger partial charge is 0.385 e. The number of hydrogen-bond acceptors (Lipinski definition) is 5. The van der Waals surface area contributed by atoms with Crippen LogP contribution >= 0.6 is 0 Å². The Morgan fingerprint density at radius 3 is 3.21 bits per heavy atom. The highest BCUT2D eigenvalue weighted by atomic mass is 16.5. The van der Waals surface area contributed by atoms with Crippen molar-refractivity contribution in [3.8, 4) is 11.5 Å². The van der Waals surface area contributed by atoms with Gasteiger partial charge < -0.3 is 15.2 Å². The van der Waals surface area contributed by atoms with Gasteiger partial charge in [-0.05, 0) is 36.6 Å². The van der Waals surface area contributed by atoms with E-state index < -0.39 is 0 Å². The van der Waals surface area contributed by atoms with E-state index in [1.165, 1.54) is 12.6 Å². The molecule has 0 aliphatic carbocycles. The Bertz CT molecular complexity index is 621. The molecule has 2 heterocycles. The van der Waals surface area contributed by atoms with Crippen molar-refractivity contribution >= 4 is 11.6 Å². The Labute approximate surface area is 110 Å². The molecule has 3 rings (SSSR count). The van der Waals surface area contributed by atoms with Gasteiger partial charge in [-0.1, -0.05) is 5.16 Å². The molecule has 0 saturated heterocycles. The molecule has 0 atom stereocenters. The first-order valence-corrected chi connectivity index (χ1v) is 6.21. The highest BCUT2D eigenvalue weighted by Gasteiger charge is 2.16. The summed E-state index contributed by atoms with van der Waals surface area (Å²) in [5.74, 6) is 0.0648. The smallest absolute Gasteiger partial charge is 0.292 e. The molecular formula is C13H14N4O2. The zero-order chi connectivity index (χ0) is 13.2. The van der Waals surface area contributed by atoms with Crippen molar-refractivity contribution in [3.05, 3.63) is 29.6 Å². The van der Waals surface area contributed by atoms with Crippen molar-refractivity contribution in [2.45, 2.75) is 12.8 Å². The fourth-order valence-corrected chi connectivity index (χ4v) is 2.15. The van der Waals surface area contributed by atoms with Crippen molar-refractivity contribution < 1.29 is 9.32 Å². The van der Waals surface area contributed by atoms with E-state index in [1.54, 1.807) is 0 Å². The fraction of sp³-hybridized carbons (Fsp3) is 0.308. The number of hydrogen-bond donors (Lipinski definition) is 2. The fourth-order valence-electron chi connectivity index (χ4n) is 2.15.